The van der Waals surface area contributed by atoms with Gasteiger partial charge in [-0.2, -0.15) is 0 Å². The van der Waals surface area contributed by atoms with Gasteiger partial charge in [-0.3, -0.25) is 14.0 Å². The number of nitrogens with zero attached hydrogens (tertiary/aromatic N) is 4. The fourth-order valence-corrected chi connectivity index (χ4v) is 4.07. The van der Waals surface area contributed by atoms with Gasteiger partial charge in [0.1, 0.15) is 11.7 Å². The summed E-state index contributed by atoms with van der Waals surface area (Å²) in [5.41, 5.74) is 2.68. The Hall–Kier alpha value is -2.67. The van der Waals surface area contributed by atoms with Crippen LogP contribution in [0.5, 0.6) is 0 Å². The number of amides is 2. The lowest BCUT2D eigenvalue weighted by Gasteiger charge is -2.38. The molecule has 2 amide bonds. The zero-order chi connectivity index (χ0) is 18.3. The van der Waals surface area contributed by atoms with Crippen LogP contribution in [-0.2, 0) is 11.3 Å². The van der Waals surface area contributed by atoms with Crippen molar-refractivity contribution in [2.75, 3.05) is 13.1 Å². The van der Waals surface area contributed by atoms with Gasteiger partial charge in [-0.1, -0.05) is 29.8 Å². The lowest BCUT2D eigenvalue weighted by Crippen LogP contribution is -2.57. The van der Waals surface area contributed by atoms with E-state index in [1.807, 2.05) is 46.0 Å². The first-order valence-corrected chi connectivity index (χ1v) is 9.48. The van der Waals surface area contributed by atoms with Gasteiger partial charge in [-0.15, -0.1) is 11.3 Å². The van der Waals surface area contributed by atoms with E-state index < -0.39 is 6.04 Å². The molecule has 3 aromatic rings. The van der Waals surface area contributed by atoms with Gasteiger partial charge < -0.3 is 9.80 Å². The van der Waals surface area contributed by atoms with Gasteiger partial charge in [-0.05, 0) is 19.4 Å². The molecule has 1 saturated heterocycles. The Morgan fingerprint density at radius 3 is 2.96 bits per heavy atom. The number of imidazole rings is 1. The summed E-state index contributed by atoms with van der Waals surface area (Å²) in [6.07, 6.45) is 3.60. The van der Waals surface area contributed by atoms with Gasteiger partial charge in [0.15, 0.2) is 4.96 Å². The fourth-order valence-electron chi connectivity index (χ4n) is 3.37. The second-order valence-corrected chi connectivity index (χ2v) is 7.52. The van der Waals surface area contributed by atoms with Gasteiger partial charge in [0.2, 0.25) is 5.91 Å². The summed E-state index contributed by atoms with van der Waals surface area (Å²) >= 11 is 1.48. The van der Waals surface area contributed by atoms with Crippen LogP contribution in [0.25, 0.3) is 4.96 Å². The molecule has 0 radical (unpaired) electrons. The molecule has 134 valence electrons. The Balaban J connectivity index is 1.48. The Bertz CT molecular complexity index is 948. The summed E-state index contributed by atoms with van der Waals surface area (Å²) in [6.45, 7) is 5.46. The summed E-state index contributed by atoms with van der Waals surface area (Å²) in [6, 6.07) is 7.68. The normalized spacial score (nSPS) is 17.9. The highest BCUT2D eigenvalue weighted by Gasteiger charge is 2.35. The topological polar surface area (TPSA) is 57.9 Å². The molecule has 3 heterocycles. The molecule has 4 rings (SSSR count). The minimum Gasteiger partial charge on any atom is -0.335 e. The summed E-state index contributed by atoms with van der Waals surface area (Å²) in [4.78, 5) is 34.2. The van der Waals surface area contributed by atoms with Crippen LogP contribution in [0, 0.1) is 6.92 Å². The number of carbonyl (C=O) groups is 2. The summed E-state index contributed by atoms with van der Waals surface area (Å²) < 4.78 is 1.83. The minimum absolute atomic E-state index is 0.0212. The fraction of sp³-hybridized carbons (Fsp3) is 0.316. The first kappa shape index (κ1) is 16.8. The molecule has 0 spiro atoms. The highest BCUT2D eigenvalue weighted by atomic mass is 32.1. The van der Waals surface area contributed by atoms with E-state index in [2.05, 4.69) is 11.1 Å². The Morgan fingerprint density at radius 2 is 2.19 bits per heavy atom. The van der Waals surface area contributed by atoms with E-state index in [1.165, 1.54) is 16.9 Å². The first-order valence-electron chi connectivity index (χ1n) is 8.60. The number of thiazole rings is 1. The van der Waals surface area contributed by atoms with Gasteiger partial charge in [0, 0.05) is 37.4 Å². The van der Waals surface area contributed by atoms with E-state index in [9.17, 15) is 9.59 Å². The maximum Gasteiger partial charge on any atom is 0.274 e. The quantitative estimate of drug-likeness (QED) is 0.714. The van der Waals surface area contributed by atoms with Gasteiger partial charge in [-0.25, -0.2) is 4.98 Å². The molecular formula is C19H20N4O2S. The lowest BCUT2D eigenvalue weighted by atomic mass is 10.1. The first-order chi connectivity index (χ1) is 12.5. The highest BCUT2D eigenvalue weighted by Crippen LogP contribution is 2.19. The van der Waals surface area contributed by atoms with Crippen molar-refractivity contribution in [3.05, 3.63) is 58.9 Å². The van der Waals surface area contributed by atoms with Gasteiger partial charge in [0.05, 0.1) is 0 Å². The smallest absolute Gasteiger partial charge is 0.274 e. The molecule has 0 aliphatic carbocycles. The predicted molar refractivity (Wildman–Crippen MR) is 100 cm³/mol. The molecule has 26 heavy (non-hydrogen) atoms. The number of piperazine rings is 1. The molecule has 1 aliphatic rings. The average molecular weight is 368 g/mol. The molecule has 0 unspecified atom stereocenters. The van der Waals surface area contributed by atoms with Crippen LogP contribution >= 0.6 is 11.3 Å². The van der Waals surface area contributed by atoms with Crippen LogP contribution in [0.3, 0.4) is 0 Å². The van der Waals surface area contributed by atoms with Crippen molar-refractivity contribution in [2.24, 2.45) is 0 Å². The van der Waals surface area contributed by atoms with Gasteiger partial charge >= 0.3 is 0 Å². The average Bonchev–Trinajstić information content (AvgIpc) is 3.20. The molecule has 7 heteroatoms. The SMILES string of the molecule is Cc1cccc(CN2CCN(C(=O)c3cn4ccsc4n3)[C@@H](C)C2=O)c1. The van der Waals surface area contributed by atoms with Crippen molar-refractivity contribution in [1.29, 1.82) is 0 Å². The second kappa shape index (κ2) is 6.57. The summed E-state index contributed by atoms with van der Waals surface area (Å²) in [5, 5.41) is 1.92. The van der Waals surface area contributed by atoms with Crippen LogP contribution in [0.2, 0.25) is 0 Å². The predicted octanol–water partition coefficient (Wildman–Crippen LogP) is 2.58. The second-order valence-electron chi connectivity index (χ2n) is 6.64. The molecule has 1 fully saturated rings. The number of benzene rings is 1. The number of hydrogen-bond acceptors (Lipinski definition) is 4. The van der Waals surface area contributed by atoms with Crippen molar-refractivity contribution < 1.29 is 9.59 Å². The third kappa shape index (κ3) is 2.99. The van der Waals surface area contributed by atoms with E-state index in [1.54, 1.807) is 18.0 Å². The largest absolute Gasteiger partial charge is 0.335 e. The number of carbonyl (C=O) groups excluding carboxylic acids is 2. The maximum atomic E-state index is 12.8. The monoisotopic (exact) mass is 368 g/mol. The van der Waals surface area contributed by atoms with E-state index >= 15 is 0 Å². The van der Waals surface area contributed by atoms with Crippen LogP contribution < -0.4 is 0 Å². The Morgan fingerprint density at radius 1 is 1.35 bits per heavy atom. The number of aromatic nitrogens is 2. The summed E-state index contributed by atoms with van der Waals surface area (Å²) in [7, 11) is 0. The van der Waals surface area contributed by atoms with Crippen molar-refractivity contribution in [1.82, 2.24) is 19.2 Å². The molecule has 1 atom stereocenters. The zero-order valence-electron chi connectivity index (χ0n) is 14.8. The van der Waals surface area contributed by atoms with Crippen molar-refractivity contribution >= 4 is 28.1 Å². The highest BCUT2D eigenvalue weighted by molar-refractivity contribution is 7.15. The molecule has 0 N–H and O–H groups in total. The van der Waals surface area contributed by atoms with E-state index in [0.717, 1.165) is 10.5 Å². The zero-order valence-corrected chi connectivity index (χ0v) is 15.6. The Labute approximate surface area is 155 Å². The molecule has 0 saturated carbocycles. The third-order valence-corrected chi connectivity index (χ3v) is 5.55. The minimum atomic E-state index is -0.485. The number of hydrogen-bond donors (Lipinski definition) is 0. The molecule has 1 aliphatic heterocycles. The van der Waals surface area contributed by atoms with Crippen LogP contribution in [0.4, 0.5) is 0 Å². The molecule has 0 bridgehead atoms. The number of rotatable bonds is 3. The molecular weight excluding hydrogens is 348 g/mol. The van der Waals surface area contributed by atoms with E-state index in [4.69, 9.17) is 0 Å². The van der Waals surface area contributed by atoms with E-state index in [-0.39, 0.29) is 11.8 Å². The van der Waals surface area contributed by atoms with Crippen molar-refractivity contribution in [3.63, 3.8) is 0 Å². The van der Waals surface area contributed by atoms with Crippen molar-refractivity contribution in [2.45, 2.75) is 26.4 Å². The maximum absolute atomic E-state index is 12.8. The standard InChI is InChI=1S/C19H20N4O2S/c1-13-4-3-5-15(10-13)11-21-6-7-23(14(2)17(21)24)18(25)16-12-22-8-9-26-19(22)20-16/h3-5,8-10,12,14H,6-7,11H2,1-2H3/t14-/m0/s1. The molecule has 2 aromatic heterocycles. The van der Waals surface area contributed by atoms with Crippen molar-refractivity contribution in [3.8, 4) is 0 Å². The Kier molecular flexibility index (Phi) is 4.24. The number of fused-ring (bicyclic) bond motifs is 1. The lowest BCUT2D eigenvalue weighted by molar-refractivity contribution is -0.140. The van der Waals surface area contributed by atoms with Crippen LogP contribution in [-0.4, -0.2) is 50.1 Å². The van der Waals surface area contributed by atoms with Crippen LogP contribution in [0.1, 0.15) is 28.5 Å². The van der Waals surface area contributed by atoms with E-state index in [0.29, 0.717) is 25.3 Å². The van der Waals surface area contributed by atoms with Crippen LogP contribution in [0.15, 0.2) is 42.0 Å². The molecule has 1 aromatic carbocycles. The number of aryl methyl sites for hydroxylation is 1. The summed E-state index contributed by atoms with van der Waals surface area (Å²) in [5.74, 6) is -0.205. The third-order valence-electron chi connectivity index (χ3n) is 4.78. The molecule has 6 nitrogen and oxygen atoms in total. The van der Waals surface area contributed by atoms with Gasteiger partial charge in [0.25, 0.3) is 5.91 Å².